The third-order valence-electron chi connectivity index (χ3n) is 2.73. The van der Waals surface area contributed by atoms with Gasteiger partial charge in [0, 0.05) is 30.7 Å². The van der Waals surface area contributed by atoms with Crippen molar-refractivity contribution in [2.75, 3.05) is 30.5 Å². The average molecular weight is 358 g/mol. The van der Waals surface area contributed by atoms with Crippen molar-refractivity contribution in [2.45, 2.75) is 32.6 Å². The van der Waals surface area contributed by atoms with E-state index in [4.69, 9.17) is 9.47 Å². The number of ether oxygens (including phenoxy) is 2. The van der Waals surface area contributed by atoms with Gasteiger partial charge in [0.25, 0.3) is 0 Å². The van der Waals surface area contributed by atoms with Gasteiger partial charge in [-0.3, -0.25) is 4.79 Å². The van der Waals surface area contributed by atoms with Crippen molar-refractivity contribution in [1.82, 2.24) is 0 Å². The van der Waals surface area contributed by atoms with E-state index in [1.807, 2.05) is 24.3 Å². The number of hydrogen-bond acceptors (Lipinski definition) is 3. The standard InChI is InChI=1S/C16H24BrNO3/c1-2-11-20-12-3-5-16(19)18-14-6-8-15(9-7-14)21-13-4-10-17/h6-9H,2-5,10-13H2,1H3,(H,18,19). The number of nitrogens with one attached hydrogen (secondary N) is 1. The van der Waals surface area contributed by atoms with Gasteiger partial charge in [-0.15, -0.1) is 0 Å². The van der Waals surface area contributed by atoms with Crippen molar-refractivity contribution < 1.29 is 14.3 Å². The van der Waals surface area contributed by atoms with Crippen LogP contribution in [0.15, 0.2) is 24.3 Å². The Kier molecular flexibility index (Phi) is 9.91. The molecule has 0 spiro atoms. The van der Waals surface area contributed by atoms with Crippen LogP contribution in [0.4, 0.5) is 5.69 Å². The molecule has 0 aliphatic carbocycles. The third-order valence-corrected chi connectivity index (χ3v) is 3.29. The summed E-state index contributed by atoms with van der Waals surface area (Å²) in [5.74, 6) is 0.838. The molecule has 1 rings (SSSR count). The molecule has 0 atom stereocenters. The molecule has 5 heteroatoms. The van der Waals surface area contributed by atoms with Gasteiger partial charge in [-0.1, -0.05) is 22.9 Å². The predicted octanol–water partition coefficient (Wildman–Crippen LogP) is 4.00. The smallest absolute Gasteiger partial charge is 0.224 e. The second-order valence-electron chi connectivity index (χ2n) is 4.68. The van der Waals surface area contributed by atoms with Gasteiger partial charge >= 0.3 is 0 Å². The summed E-state index contributed by atoms with van der Waals surface area (Å²) < 4.78 is 10.9. The van der Waals surface area contributed by atoms with Gasteiger partial charge < -0.3 is 14.8 Å². The SMILES string of the molecule is CCCOCCCC(=O)Nc1ccc(OCCCBr)cc1. The maximum Gasteiger partial charge on any atom is 0.224 e. The lowest BCUT2D eigenvalue weighted by Gasteiger charge is -2.08. The molecule has 1 N–H and O–H groups in total. The molecule has 21 heavy (non-hydrogen) atoms. The van der Waals surface area contributed by atoms with Crippen molar-refractivity contribution in [3.63, 3.8) is 0 Å². The molecule has 1 amide bonds. The van der Waals surface area contributed by atoms with Crippen LogP contribution in [0.2, 0.25) is 0 Å². The highest BCUT2D eigenvalue weighted by atomic mass is 79.9. The maximum atomic E-state index is 11.7. The fraction of sp³-hybridized carbons (Fsp3) is 0.562. The van der Waals surface area contributed by atoms with Gasteiger partial charge in [-0.25, -0.2) is 0 Å². The van der Waals surface area contributed by atoms with Crippen LogP contribution < -0.4 is 10.1 Å². The summed E-state index contributed by atoms with van der Waals surface area (Å²) in [6.07, 6.45) is 3.21. The summed E-state index contributed by atoms with van der Waals surface area (Å²) in [7, 11) is 0. The molecule has 1 aromatic rings. The molecule has 0 heterocycles. The highest BCUT2D eigenvalue weighted by Crippen LogP contribution is 2.16. The summed E-state index contributed by atoms with van der Waals surface area (Å²) in [6, 6.07) is 7.45. The third kappa shape index (κ3) is 8.73. The van der Waals surface area contributed by atoms with E-state index < -0.39 is 0 Å². The highest BCUT2D eigenvalue weighted by molar-refractivity contribution is 9.09. The zero-order valence-electron chi connectivity index (χ0n) is 12.6. The number of amides is 1. The maximum absolute atomic E-state index is 11.7. The quantitative estimate of drug-likeness (QED) is 0.481. The first-order valence-corrected chi connectivity index (χ1v) is 8.55. The summed E-state index contributed by atoms with van der Waals surface area (Å²) >= 11 is 3.36. The van der Waals surface area contributed by atoms with E-state index in [0.717, 1.165) is 42.6 Å². The van der Waals surface area contributed by atoms with E-state index in [2.05, 4.69) is 28.2 Å². The van der Waals surface area contributed by atoms with Crippen molar-refractivity contribution in [3.8, 4) is 5.75 Å². The van der Waals surface area contributed by atoms with Gasteiger partial charge in [0.2, 0.25) is 5.91 Å². The van der Waals surface area contributed by atoms with Gasteiger partial charge in [0.1, 0.15) is 5.75 Å². The zero-order chi connectivity index (χ0) is 15.3. The Labute approximate surface area is 135 Å². The van der Waals surface area contributed by atoms with Crippen LogP contribution in [0, 0.1) is 0 Å². The monoisotopic (exact) mass is 357 g/mol. The van der Waals surface area contributed by atoms with Gasteiger partial charge in [0.15, 0.2) is 0 Å². The Morgan fingerprint density at radius 2 is 1.90 bits per heavy atom. The van der Waals surface area contributed by atoms with Crippen molar-refractivity contribution in [1.29, 1.82) is 0 Å². The summed E-state index contributed by atoms with van der Waals surface area (Å²) in [5.41, 5.74) is 0.794. The van der Waals surface area contributed by atoms with E-state index in [9.17, 15) is 4.79 Å². The van der Waals surface area contributed by atoms with Gasteiger partial charge in [-0.2, -0.15) is 0 Å². The summed E-state index contributed by atoms with van der Waals surface area (Å²) in [4.78, 5) is 11.7. The minimum atomic E-state index is 0.0167. The Bertz CT molecular complexity index is 395. The Morgan fingerprint density at radius 3 is 2.57 bits per heavy atom. The molecule has 0 unspecified atom stereocenters. The number of carbonyl (C=O) groups excluding carboxylic acids is 1. The van der Waals surface area contributed by atoms with Crippen molar-refractivity contribution in [2.24, 2.45) is 0 Å². The van der Waals surface area contributed by atoms with Crippen molar-refractivity contribution in [3.05, 3.63) is 24.3 Å². The van der Waals surface area contributed by atoms with Crippen molar-refractivity contribution >= 4 is 27.5 Å². The van der Waals surface area contributed by atoms with Crippen LogP contribution in [0.25, 0.3) is 0 Å². The zero-order valence-corrected chi connectivity index (χ0v) is 14.2. The van der Waals surface area contributed by atoms with E-state index in [1.165, 1.54) is 0 Å². The van der Waals surface area contributed by atoms with Gasteiger partial charge in [-0.05, 0) is 43.5 Å². The Balaban J connectivity index is 2.23. The highest BCUT2D eigenvalue weighted by Gasteiger charge is 2.02. The summed E-state index contributed by atoms with van der Waals surface area (Å²) in [5, 5.41) is 3.80. The molecule has 0 saturated carbocycles. The molecule has 4 nitrogen and oxygen atoms in total. The lowest BCUT2D eigenvalue weighted by molar-refractivity contribution is -0.116. The van der Waals surface area contributed by atoms with Crippen LogP contribution in [-0.4, -0.2) is 31.1 Å². The molecule has 0 radical (unpaired) electrons. The number of alkyl halides is 1. The summed E-state index contributed by atoms with van der Waals surface area (Å²) in [6.45, 7) is 4.16. The molecular formula is C16H24BrNO3. The normalized spacial score (nSPS) is 10.4. The van der Waals surface area contributed by atoms with Crippen LogP contribution >= 0.6 is 15.9 Å². The number of benzene rings is 1. The van der Waals surface area contributed by atoms with Crippen LogP contribution in [0.5, 0.6) is 5.75 Å². The van der Waals surface area contributed by atoms with E-state index in [-0.39, 0.29) is 5.91 Å². The minimum Gasteiger partial charge on any atom is -0.494 e. The number of hydrogen-bond donors (Lipinski definition) is 1. The molecule has 0 aliphatic heterocycles. The first kappa shape index (κ1) is 18.0. The molecule has 0 fully saturated rings. The molecular weight excluding hydrogens is 334 g/mol. The number of carbonyl (C=O) groups is 1. The average Bonchev–Trinajstić information content (AvgIpc) is 2.49. The molecule has 1 aromatic carbocycles. The molecule has 0 aromatic heterocycles. The number of rotatable bonds is 11. The molecule has 118 valence electrons. The molecule has 0 bridgehead atoms. The van der Waals surface area contributed by atoms with E-state index in [1.54, 1.807) is 0 Å². The predicted molar refractivity (Wildman–Crippen MR) is 89.3 cm³/mol. The molecule has 0 saturated heterocycles. The van der Waals surface area contributed by atoms with Crippen LogP contribution in [0.3, 0.4) is 0 Å². The van der Waals surface area contributed by atoms with E-state index >= 15 is 0 Å². The largest absolute Gasteiger partial charge is 0.494 e. The minimum absolute atomic E-state index is 0.0167. The fourth-order valence-corrected chi connectivity index (χ4v) is 1.91. The first-order chi connectivity index (χ1) is 10.3. The number of halogens is 1. The lowest BCUT2D eigenvalue weighted by Crippen LogP contribution is -2.12. The Morgan fingerprint density at radius 1 is 1.14 bits per heavy atom. The fourth-order valence-electron chi connectivity index (χ4n) is 1.68. The van der Waals surface area contributed by atoms with Crippen LogP contribution in [-0.2, 0) is 9.53 Å². The molecule has 0 aliphatic rings. The second kappa shape index (κ2) is 11.6. The van der Waals surface area contributed by atoms with E-state index in [0.29, 0.717) is 19.6 Å². The Hall–Kier alpha value is -1.07. The lowest BCUT2D eigenvalue weighted by atomic mass is 10.2. The first-order valence-electron chi connectivity index (χ1n) is 7.42. The number of anilines is 1. The second-order valence-corrected chi connectivity index (χ2v) is 5.47. The van der Waals surface area contributed by atoms with Crippen LogP contribution in [0.1, 0.15) is 32.6 Å². The topological polar surface area (TPSA) is 47.6 Å². The van der Waals surface area contributed by atoms with Gasteiger partial charge in [0.05, 0.1) is 6.61 Å².